The second-order valence-electron chi connectivity index (χ2n) is 3.01. The Labute approximate surface area is 68.5 Å². The molecule has 0 saturated heterocycles. The minimum Gasteiger partial charge on any atom is -0.258 e. The minimum atomic E-state index is 1.03. The average molecular weight is 149 g/mol. The Balaban J connectivity index is 3.21. The van der Waals surface area contributed by atoms with Crippen molar-refractivity contribution >= 4 is 0 Å². The highest BCUT2D eigenvalue weighted by Gasteiger charge is 1.99. The molecule has 0 aliphatic carbocycles. The van der Waals surface area contributed by atoms with Crippen molar-refractivity contribution in [1.82, 2.24) is 4.98 Å². The number of nitrogens with zero attached hydrogens (tertiary/aromatic N) is 1. The first-order valence-electron chi connectivity index (χ1n) is 4.09. The molecular weight excluding hydrogens is 134 g/mol. The van der Waals surface area contributed by atoms with Gasteiger partial charge in [0.15, 0.2) is 0 Å². The summed E-state index contributed by atoms with van der Waals surface area (Å²) in [5.41, 5.74) is 5.00. The van der Waals surface area contributed by atoms with E-state index in [9.17, 15) is 0 Å². The Hall–Kier alpha value is -0.850. The van der Waals surface area contributed by atoms with Gasteiger partial charge in [-0.05, 0) is 38.3 Å². The van der Waals surface area contributed by atoms with E-state index in [1.165, 1.54) is 16.8 Å². The molecule has 0 aromatic carbocycles. The van der Waals surface area contributed by atoms with E-state index in [0.29, 0.717) is 0 Å². The Kier molecular flexibility index (Phi) is 2.28. The van der Waals surface area contributed by atoms with E-state index in [1.807, 2.05) is 0 Å². The smallest absolute Gasteiger partial charge is 0.0433 e. The molecule has 0 aliphatic heterocycles. The zero-order chi connectivity index (χ0) is 8.43. The normalized spacial score (nSPS) is 10.2. The quantitative estimate of drug-likeness (QED) is 0.598. The first-order chi connectivity index (χ1) is 5.15. The van der Waals surface area contributed by atoms with Gasteiger partial charge < -0.3 is 0 Å². The van der Waals surface area contributed by atoms with Gasteiger partial charge in [0.1, 0.15) is 0 Å². The highest BCUT2D eigenvalue weighted by Crippen LogP contribution is 2.11. The van der Waals surface area contributed by atoms with Gasteiger partial charge in [-0.15, -0.1) is 0 Å². The lowest BCUT2D eigenvalue weighted by atomic mass is 10.1. The monoisotopic (exact) mass is 149 g/mol. The SMILES string of the molecule is CCc1nc(C)c(C)cc1C. The second kappa shape index (κ2) is 3.04. The van der Waals surface area contributed by atoms with E-state index in [2.05, 4.69) is 38.7 Å². The maximum absolute atomic E-state index is 4.49. The molecule has 0 fully saturated rings. The molecular formula is C10H15N. The number of hydrogen-bond acceptors (Lipinski definition) is 1. The number of aryl methyl sites for hydroxylation is 4. The van der Waals surface area contributed by atoms with Crippen LogP contribution in [0.4, 0.5) is 0 Å². The predicted octanol–water partition coefficient (Wildman–Crippen LogP) is 2.57. The number of aromatic nitrogens is 1. The Morgan fingerprint density at radius 1 is 1.18 bits per heavy atom. The lowest BCUT2D eigenvalue weighted by Crippen LogP contribution is -1.96. The van der Waals surface area contributed by atoms with Crippen molar-refractivity contribution in [3.8, 4) is 0 Å². The van der Waals surface area contributed by atoms with Crippen LogP contribution in [0.25, 0.3) is 0 Å². The summed E-state index contributed by atoms with van der Waals surface area (Å²) in [6, 6.07) is 2.21. The Morgan fingerprint density at radius 2 is 1.82 bits per heavy atom. The highest BCUT2D eigenvalue weighted by molar-refractivity contribution is 5.27. The van der Waals surface area contributed by atoms with Gasteiger partial charge in [0.25, 0.3) is 0 Å². The largest absolute Gasteiger partial charge is 0.258 e. The Morgan fingerprint density at radius 3 is 2.36 bits per heavy atom. The van der Waals surface area contributed by atoms with Gasteiger partial charge >= 0.3 is 0 Å². The molecule has 1 nitrogen and oxygen atoms in total. The fraction of sp³-hybridized carbons (Fsp3) is 0.500. The first kappa shape index (κ1) is 8.25. The fourth-order valence-corrected chi connectivity index (χ4v) is 1.25. The third-order valence-electron chi connectivity index (χ3n) is 2.10. The van der Waals surface area contributed by atoms with Crippen LogP contribution in [0.2, 0.25) is 0 Å². The summed E-state index contributed by atoms with van der Waals surface area (Å²) in [4.78, 5) is 4.49. The van der Waals surface area contributed by atoms with Crippen LogP contribution in [0.3, 0.4) is 0 Å². The molecule has 0 atom stereocenters. The molecule has 1 aromatic rings. The standard InChI is InChI=1S/C10H15N/c1-5-10-8(3)6-7(2)9(4)11-10/h6H,5H2,1-4H3. The van der Waals surface area contributed by atoms with Crippen LogP contribution in [0.1, 0.15) is 29.4 Å². The van der Waals surface area contributed by atoms with E-state index in [0.717, 1.165) is 12.1 Å². The first-order valence-corrected chi connectivity index (χ1v) is 4.09. The second-order valence-corrected chi connectivity index (χ2v) is 3.01. The summed E-state index contributed by atoms with van der Waals surface area (Å²) < 4.78 is 0. The van der Waals surface area contributed by atoms with Crippen LogP contribution >= 0.6 is 0 Å². The van der Waals surface area contributed by atoms with Crippen molar-refractivity contribution < 1.29 is 0 Å². The number of hydrogen-bond donors (Lipinski definition) is 0. The topological polar surface area (TPSA) is 12.9 Å². The summed E-state index contributed by atoms with van der Waals surface area (Å²) in [6.45, 7) is 8.44. The van der Waals surface area contributed by atoms with E-state index >= 15 is 0 Å². The van der Waals surface area contributed by atoms with Gasteiger partial charge in [0.05, 0.1) is 0 Å². The maximum atomic E-state index is 4.49. The van der Waals surface area contributed by atoms with E-state index < -0.39 is 0 Å². The number of pyridine rings is 1. The molecule has 11 heavy (non-hydrogen) atoms. The van der Waals surface area contributed by atoms with E-state index in [1.54, 1.807) is 0 Å². The summed E-state index contributed by atoms with van der Waals surface area (Å²) in [7, 11) is 0. The zero-order valence-electron chi connectivity index (χ0n) is 7.73. The van der Waals surface area contributed by atoms with Crippen molar-refractivity contribution in [2.24, 2.45) is 0 Å². The molecule has 0 saturated carbocycles. The van der Waals surface area contributed by atoms with Crippen LogP contribution in [0, 0.1) is 20.8 Å². The van der Waals surface area contributed by atoms with Gasteiger partial charge in [-0.2, -0.15) is 0 Å². The molecule has 0 radical (unpaired) electrons. The zero-order valence-corrected chi connectivity index (χ0v) is 7.73. The predicted molar refractivity (Wildman–Crippen MR) is 47.8 cm³/mol. The highest BCUT2D eigenvalue weighted by atomic mass is 14.7. The Bertz CT molecular complexity index is 264. The molecule has 1 rings (SSSR count). The van der Waals surface area contributed by atoms with E-state index in [-0.39, 0.29) is 0 Å². The molecule has 0 aliphatic rings. The van der Waals surface area contributed by atoms with Crippen LogP contribution in [-0.2, 0) is 6.42 Å². The van der Waals surface area contributed by atoms with Gasteiger partial charge in [-0.25, -0.2) is 0 Å². The van der Waals surface area contributed by atoms with Gasteiger partial charge in [-0.1, -0.05) is 13.0 Å². The molecule has 0 spiro atoms. The lowest BCUT2D eigenvalue weighted by Gasteiger charge is -2.05. The van der Waals surface area contributed by atoms with Crippen LogP contribution in [0.5, 0.6) is 0 Å². The molecule has 0 unspecified atom stereocenters. The summed E-state index contributed by atoms with van der Waals surface area (Å²) >= 11 is 0. The molecule has 60 valence electrons. The van der Waals surface area contributed by atoms with Crippen molar-refractivity contribution in [1.29, 1.82) is 0 Å². The summed E-state index contributed by atoms with van der Waals surface area (Å²) in [6.07, 6.45) is 1.03. The van der Waals surface area contributed by atoms with Crippen molar-refractivity contribution in [2.75, 3.05) is 0 Å². The third-order valence-corrected chi connectivity index (χ3v) is 2.10. The van der Waals surface area contributed by atoms with E-state index in [4.69, 9.17) is 0 Å². The lowest BCUT2D eigenvalue weighted by molar-refractivity contribution is 0.968. The van der Waals surface area contributed by atoms with Crippen LogP contribution in [0.15, 0.2) is 6.07 Å². The van der Waals surface area contributed by atoms with Crippen LogP contribution in [-0.4, -0.2) is 4.98 Å². The molecule has 1 heteroatoms. The summed E-state index contributed by atoms with van der Waals surface area (Å²) in [5.74, 6) is 0. The van der Waals surface area contributed by atoms with Gasteiger partial charge in [-0.3, -0.25) is 4.98 Å². The third kappa shape index (κ3) is 1.59. The van der Waals surface area contributed by atoms with Crippen molar-refractivity contribution in [2.45, 2.75) is 34.1 Å². The molecule has 0 amide bonds. The van der Waals surface area contributed by atoms with Crippen molar-refractivity contribution in [3.05, 3.63) is 28.6 Å². The van der Waals surface area contributed by atoms with Crippen LogP contribution < -0.4 is 0 Å². The fourth-order valence-electron chi connectivity index (χ4n) is 1.25. The molecule has 1 heterocycles. The maximum Gasteiger partial charge on any atom is 0.0433 e. The average Bonchev–Trinajstić information content (AvgIpc) is 1.97. The van der Waals surface area contributed by atoms with Gasteiger partial charge in [0, 0.05) is 11.4 Å². The minimum absolute atomic E-state index is 1.03. The van der Waals surface area contributed by atoms with Crippen molar-refractivity contribution in [3.63, 3.8) is 0 Å². The summed E-state index contributed by atoms with van der Waals surface area (Å²) in [5, 5.41) is 0. The van der Waals surface area contributed by atoms with Gasteiger partial charge in [0.2, 0.25) is 0 Å². The number of rotatable bonds is 1. The molecule has 1 aromatic heterocycles. The molecule has 0 bridgehead atoms. The molecule has 0 N–H and O–H groups in total.